The summed E-state index contributed by atoms with van der Waals surface area (Å²) in [5, 5.41) is 9.75. The van der Waals surface area contributed by atoms with Crippen molar-refractivity contribution in [1.82, 2.24) is 4.90 Å². The van der Waals surface area contributed by atoms with E-state index in [9.17, 15) is 9.59 Å². The summed E-state index contributed by atoms with van der Waals surface area (Å²) in [7, 11) is 1.71. The van der Waals surface area contributed by atoms with E-state index < -0.39 is 5.97 Å². The summed E-state index contributed by atoms with van der Waals surface area (Å²) in [6, 6.07) is 14.5. The molecule has 0 saturated carbocycles. The number of nitrogens with zero attached hydrogens (tertiary/aromatic N) is 2. The van der Waals surface area contributed by atoms with E-state index in [1.165, 1.54) is 16.7 Å². The van der Waals surface area contributed by atoms with Gasteiger partial charge in [-0.05, 0) is 85.6 Å². The summed E-state index contributed by atoms with van der Waals surface area (Å²) < 4.78 is 5.93. The van der Waals surface area contributed by atoms with Crippen LogP contribution in [0.1, 0.15) is 32.8 Å². The number of amides is 1. The molecule has 0 bridgehead atoms. The van der Waals surface area contributed by atoms with Crippen molar-refractivity contribution in [1.29, 1.82) is 0 Å². The first-order chi connectivity index (χ1) is 15.2. The van der Waals surface area contributed by atoms with Crippen molar-refractivity contribution in [2.45, 2.75) is 20.8 Å². The number of aromatic carboxylic acids is 1. The van der Waals surface area contributed by atoms with Gasteiger partial charge in [0.15, 0.2) is 5.17 Å². The third-order valence-electron chi connectivity index (χ3n) is 5.07. The van der Waals surface area contributed by atoms with Crippen LogP contribution in [0.15, 0.2) is 62.8 Å². The number of carboxylic acids is 1. The maximum absolute atomic E-state index is 12.7. The maximum Gasteiger partial charge on any atom is 0.335 e. The molecule has 1 saturated heterocycles. The first-order valence-electron chi connectivity index (χ1n) is 10.00. The highest BCUT2D eigenvalue weighted by atomic mass is 32.2. The predicted molar refractivity (Wildman–Crippen MR) is 127 cm³/mol. The quantitative estimate of drug-likeness (QED) is 0.512. The number of aryl methyl sites for hydroxylation is 3. The van der Waals surface area contributed by atoms with E-state index in [1.54, 1.807) is 37.4 Å². The summed E-state index contributed by atoms with van der Waals surface area (Å²) in [6.45, 7) is 5.87. The van der Waals surface area contributed by atoms with Crippen LogP contribution in [0.25, 0.3) is 17.4 Å². The molecule has 1 amide bonds. The molecule has 0 unspecified atom stereocenters. The van der Waals surface area contributed by atoms with Crippen molar-refractivity contribution in [3.8, 4) is 11.3 Å². The number of carboxylic acid groups (broad SMARTS) is 1. The monoisotopic (exact) mass is 446 g/mol. The van der Waals surface area contributed by atoms with Gasteiger partial charge in [-0.2, -0.15) is 0 Å². The summed E-state index contributed by atoms with van der Waals surface area (Å²) >= 11 is 1.30. The average Bonchev–Trinajstić information content (AvgIpc) is 3.28. The van der Waals surface area contributed by atoms with Gasteiger partial charge in [0, 0.05) is 18.7 Å². The number of thioether (sulfide) groups is 1. The molecule has 7 heteroatoms. The Morgan fingerprint density at radius 2 is 1.78 bits per heavy atom. The van der Waals surface area contributed by atoms with E-state index in [2.05, 4.69) is 11.1 Å². The van der Waals surface area contributed by atoms with Gasteiger partial charge in [0.2, 0.25) is 0 Å². The van der Waals surface area contributed by atoms with E-state index in [-0.39, 0.29) is 11.5 Å². The van der Waals surface area contributed by atoms with Crippen LogP contribution in [0.4, 0.5) is 5.69 Å². The van der Waals surface area contributed by atoms with Crippen molar-refractivity contribution >= 4 is 40.6 Å². The molecule has 3 aromatic rings. The summed E-state index contributed by atoms with van der Waals surface area (Å²) in [5.41, 5.74) is 4.88. The second-order valence-corrected chi connectivity index (χ2v) is 8.76. The molecule has 1 fully saturated rings. The lowest BCUT2D eigenvalue weighted by molar-refractivity contribution is -0.121. The highest BCUT2D eigenvalue weighted by Crippen LogP contribution is 2.35. The lowest BCUT2D eigenvalue weighted by atomic mass is 10.0. The van der Waals surface area contributed by atoms with E-state index in [1.807, 2.05) is 39.0 Å². The van der Waals surface area contributed by atoms with E-state index >= 15 is 0 Å². The fourth-order valence-corrected chi connectivity index (χ4v) is 4.52. The molecule has 0 spiro atoms. The number of carbonyl (C=O) groups excluding carboxylic acids is 1. The number of furan rings is 1. The van der Waals surface area contributed by atoms with Crippen LogP contribution in [0.3, 0.4) is 0 Å². The Bertz CT molecular complexity index is 1280. The molecule has 0 atom stereocenters. The fourth-order valence-electron chi connectivity index (χ4n) is 3.55. The molecule has 0 aliphatic carbocycles. The minimum Gasteiger partial charge on any atom is -0.478 e. The van der Waals surface area contributed by atoms with Crippen LogP contribution in [-0.2, 0) is 4.79 Å². The Kier molecular flexibility index (Phi) is 5.76. The lowest BCUT2D eigenvalue weighted by Crippen LogP contribution is -2.23. The number of hydrogen-bond donors (Lipinski definition) is 1. The SMILES string of the molecule is Cc1cc(C)cc(N=C2S/C(=C\c3ccc(-c4ccc(C(=O)O)cc4C)o3)C(=O)N2C)c1. The van der Waals surface area contributed by atoms with Gasteiger partial charge in [-0.15, -0.1) is 0 Å². The molecular weight excluding hydrogens is 424 g/mol. The molecule has 1 aliphatic rings. The van der Waals surface area contributed by atoms with Gasteiger partial charge in [-0.3, -0.25) is 9.69 Å². The van der Waals surface area contributed by atoms with Crippen molar-refractivity contribution in [2.75, 3.05) is 7.05 Å². The summed E-state index contributed by atoms with van der Waals surface area (Å²) in [6.07, 6.45) is 1.71. The Morgan fingerprint density at radius 1 is 1.06 bits per heavy atom. The Morgan fingerprint density at radius 3 is 2.44 bits per heavy atom. The standard InChI is InChI=1S/C25H22N2O4S/c1-14-9-15(2)11-18(10-14)26-25-27(4)23(28)22(32-25)13-19-6-8-21(31-19)20-7-5-17(24(29)30)12-16(20)3/h5-13H,1-4H3,(H,29,30)/b22-13-,26-25?. The highest BCUT2D eigenvalue weighted by Gasteiger charge is 2.30. The molecule has 1 aromatic heterocycles. The number of carbonyl (C=O) groups is 2. The molecule has 6 nitrogen and oxygen atoms in total. The van der Waals surface area contributed by atoms with Crippen molar-refractivity contribution < 1.29 is 19.1 Å². The highest BCUT2D eigenvalue weighted by molar-refractivity contribution is 8.18. The van der Waals surface area contributed by atoms with E-state index in [0.717, 1.165) is 27.9 Å². The molecule has 1 aliphatic heterocycles. The predicted octanol–water partition coefficient (Wildman–Crippen LogP) is 5.80. The van der Waals surface area contributed by atoms with Crippen LogP contribution < -0.4 is 0 Å². The molecule has 2 aromatic carbocycles. The van der Waals surface area contributed by atoms with Gasteiger partial charge in [0.1, 0.15) is 11.5 Å². The van der Waals surface area contributed by atoms with Crippen LogP contribution in [0.2, 0.25) is 0 Å². The van der Waals surface area contributed by atoms with Gasteiger partial charge < -0.3 is 9.52 Å². The number of amidine groups is 1. The Balaban J connectivity index is 1.60. The molecule has 1 N–H and O–H groups in total. The molecule has 4 rings (SSSR count). The first kappa shape index (κ1) is 21.6. The van der Waals surface area contributed by atoms with Crippen LogP contribution >= 0.6 is 11.8 Å². The average molecular weight is 447 g/mol. The molecule has 32 heavy (non-hydrogen) atoms. The second-order valence-electron chi connectivity index (χ2n) is 7.75. The zero-order chi connectivity index (χ0) is 23.0. The Labute approximate surface area is 190 Å². The number of benzene rings is 2. The smallest absolute Gasteiger partial charge is 0.335 e. The first-order valence-corrected chi connectivity index (χ1v) is 10.8. The van der Waals surface area contributed by atoms with E-state index in [0.29, 0.717) is 21.6 Å². The van der Waals surface area contributed by atoms with Crippen LogP contribution in [0.5, 0.6) is 0 Å². The van der Waals surface area contributed by atoms with E-state index in [4.69, 9.17) is 9.52 Å². The second kappa shape index (κ2) is 8.51. The zero-order valence-electron chi connectivity index (χ0n) is 18.2. The minimum atomic E-state index is -0.969. The molecule has 2 heterocycles. The topological polar surface area (TPSA) is 83.1 Å². The van der Waals surface area contributed by atoms with Crippen LogP contribution in [-0.4, -0.2) is 34.1 Å². The van der Waals surface area contributed by atoms with Gasteiger partial charge in [0.25, 0.3) is 5.91 Å². The molecular formula is C25H22N2O4S. The molecule has 162 valence electrons. The van der Waals surface area contributed by atoms with Gasteiger partial charge in [-0.25, -0.2) is 9.79 Å². The zero-order valence-corrected chi connectivity index (χ0v) is 19.0. The van der Waals surface area contributed by atoms with Gasteiger partial charge in [0.05, 0.1) is 16.2 Å². The Hall–Kier alpha value is -3.58. The van der Waals surface area contributed by atoms with Crippen molar-refractivity contribution in [3.63, 3.8) is 0 Å². The van der Waals surface area contributed by atoms with Crippen molar-refractivity contribution in [2.24, 2.45) is 4.99 Å². The largest absolute Gasteiger partial charge is 0.478 e. The summed E-state index contributed by atoms with van der Waals surface area (Å²) in [5.74, 6) is 0.0413. The lowest BCUT2D eigenvalue weighted by Gasteiger charge is -2.07. The molecule has 0 radical (unpaired) electrons. The number of rotatable bonds is 4. The van der Waals surface area contributed by atoms with Gasteiger partial charge in [-0.1, -0.05) is 12.1 Å². The minimum absolute atomic E-state index is 0.141. The third-order valence-corrected chi connectivity index (χ3v) is 6.13. The third kappa shape index (κ3) is 4.38. The van der Waals surface area contributed by atoms with Gasteiger partial charge >= 0.3 is 5.97 Å². The summed E-state index contributed by atoms with van der Waals surface area (Å²) in [4.78, 5) is 30.6. The number of hydrogen-bond acceptors (Lipinski definition) is 5. The number of aliphatic imine (C=N–C) groups is 1. The maximum atomic E-state index is 12.7. The van der Waals surface area contributed by atoms with Crippen LogP contribution in [0, 0.1) is 20.8 Å². The fraction of sp³-hybridized carbons (Fsp3) is 0.160. The number of likely N-dealkylation sites (N-methyl/N-ethyl adjacent to an activating group) is 1. The normalized spacial score (nSPS) is 16.4. The van der Waals surface area contributed by atoms with Crippen molar-refractivity contribution in [3.05, 3.63) is 81.5 Å².